The van der Waals surface area contributed by atoms with Crippen molar-refractivity contribution in [2.24, 2.45) is 0 Å². The summed E-state index contributed by atoms with van der Waals surface area (Å²) < 4.78 is 33.2. The zero-order chi connectivity index (χ0) is 24.1. The average Bonchev–Trinajstić information content (AvgIpc) is 2.83. The van der Waals surface area contributed by atoms with Gasteiger partial charge in [-0.3, -0.25) is 4.79 Å². The van der Waals surface area contributed by atoms with E-state index in [1.54, 1.807) is 6.07 Å². The molecule has 0 unspecified atom stereocenters. The van der Waals surface area contributed by atoms with Crippen molar-refractivity contribution in [1.82, 2.24) is 9.62 Å². The third-order valence-electron chi connectivity index (χ3n) is 5.61. The van der Waals surface area contributed by atoms with E-state index in [1.165, 1.54) is 30.6 Å². The smallest absolute Gasteiger partial charge is 0.251 e. The Balaban J connectivity index is 1.81. The van der Waals surface area contributed by atoms with Gasteiger partial charge in [0, 0.05) is 31.1 Å². The molecule has 3 aromatic rings. The summed E-state index contributed by atoms with van der Waals surface area (Å²) in [6, 6.07) is 23.7. The van der Waals surface area contributed by atoms with Crippen LogP contribution in [0.4, 0.5) is 0 Å². The summed E-state index contributed by atoms with van der Waals surface area (Å²) in [7, 11) is -0.973. The lowest BCUT2D eigenvalue weighted by atomic mass is 9.84. The van der Waals surface area contributed by atoms with Crippen molar-refractivity contribution in [2.45, 2.75) is 30.7 Å². The molecule has 6 nitrogen and oxygen atoms in total. The van der Waals surface area contributed by atoms with Gasteiger partial charge in [0.2, 0.25) is 10.0 Å². The Labute approximate surface area is 196 Å². The van der Waals surface area contributed by atoms with Gasteiger partial charge in [0.1, 0.15) is 10.6 Å². The van der Waals surface area contributed by atoms with Crippen LogP contribution < -0.4 is 10.1 Å². The number of ether oxygens (including phenoxy) is 1. The number of carbonyl (C=O) groups excluding carboxylic acids is 1. The minimum atomic E-state index is -3.89. The third-order valence-corrected chi connectivity index (χ3v) is 7.43. The number of rotatable bonds is 9. The van der Waals surface area contributed by atoms with Crippen molar-refractivity contribution in [3.05, 3.63) is 95.6 Å². The van der Waals surface area contributed by atoms with E-state index in [-0.39, 0.29) is 34.1 Å². The Morgan fingerprint density at radius 3 is 2.18 bits per heavy atom. The highest BCUT2D eigenvalue weighted by molar-refractivity contribution is 7.89. The van der Waals surface area contributed by atoms with Crippen LogP contribution in [0.25, 0.3) is 0 Å². The molecule has 0 heterocycles. The number of carbonyl (C=O) groups is 1. The van der Waals surface area contributed by atoms with Gasteiger partial charge in [-0.2, -0.15) is 4.31 Å². The molecule has 3 rings (SSSR count). The summed E-state index contributed by atoms with van der Waals surface area (Å²) in [5, 5.41) is 2.93. The van der Waals surface area contributed by atoms with E-state index in [9.17, 15) is 13.2 Å². The molecule has 0 aliphatic carbocycles. The van der Waals surface area contributed by atoms with Crippen LogP contribution in [0.5, 0.6) is 5.75 Å². The second-order valence-electron chi connectivity index (χ2n) is 8.54. The van der Waals surface area contributed by atoms with Crippen LogP contribution in [0, 0.1) is 0 Å². The fraction of sp³-hybridized carbons (Fsp3) is 0.269. The topological polar surface area (TPSA) is 75.7 Å². The number of nitrogens with one attached hydrogen (secondary N) is 1. The van der Waals surface area contributed by atoms with E-state index in [0.717, 1.165) is 11.1 Å². The molecule has 3 aromatic carbocycles. The van der Waals surface area contributed by atoms with Crippen molar-refractivity contribution in [2.75, 3.05) is 20.7 Å². The molecule has 7 heteroatoms. The monoisotopic (exact) mass is 466 g/mol. The summed E-state index contributed by atoms with van der Waals surface area (Å²) in [5.41, 5.74) is 1.94. The number of methoxy groups -OCH3 is 1. The Morgan fingerprint density at radius 1 is 0.970 bits per heavy atom. The highest BCUT2D eigenvalue weighted by Gasteiger charge is 2.27. The number of hydrogen-bond donors (Lipinski definition) is 1. The van der Waals surface area contributed by atoms with Gasteiger partial charge in [0.05, 0.1) is 7.11 Å². The summed E-state index contributed by atoms with van der Waals surface area (Å²) in [4.78, 5) is 12.9. The molecule has 1 amide bonds. The van der Waals surface area contributed by atoms with Gasteiger partial charge in [-0.25, -0.2) is 8.42 Å². The first-order valence-corrected chi connectivity index (χ1v) is 12.1. The number of sulfonamides is 1. The van der Waals surface area contributed by atoms with Gasteiger partial charge >= 0.3 is 0 Å². The van der Waals surface area contributed by atoms with Crippen LogP contribution in [0.1, 0.15) is 35.3 Å². The lowest BCUT2D eigenvalue weighted by molar-refractivity contribution is 0.0945. The molecule has 0 radical (unpaired) electrons. The first-order chi connectivity index (χ1) is 15.6. The molecular formula is C26H30N2O4S. The van der Waals surface area contributed by atoms with Gasteiger partial charge < -0.3 is 10.1 Å². The predicted octanol–water partition coefficient (Wildman–Crippen LogP) is 4.22. The minimum absolute atomic E-state index is 0.0431. The summed E-state index contributed by atoms with van der Waals surface area (Å²) in [6.07, 6.45) is 0. The van der Waals surface area contributed by atoms with Crippen LogP contribution >= 0.6 is 0 Å². The highest BCUT2D eigenvalue weighted by Crippen LogP contribution is 2.28. The number of amides is 1. The Kier molecular flexibility index (Phi) is 7.56. The van der Waals surface area contributed by atoms with Crippen LogP contribution in [-0.2, 0) is 22.0 Å². The molecule has 1 N–H and O–H groups in total. The average molecular weight is 467 g/mol. The molecule has 33 heavy (non-hydrogen) atoms. The molecule has 0 aliphatic rings. The zero-order valence-corrected chi connectivity index (χ0v) is 20.2. The van der Waals surface area contributed by atoms with Crippen LogP contribution in [0.15, 0.2) is 83.8 Å². The molecule has 0 saturated heterocycles. The Morgan fingerprint density at radius 2 is 1.58 bits per heavy atom. The molecule has 0 aromatic heterocycles. The van der Waals surface area contributed by atoms with Crippen molar-refractivity contribution >= 4 is 15.9 Å². The van der Waals surface area contributed by atoms with Crippen molar-refractivity contribution in [1.29, 1.82) is 0 Å². The fourth-order valence-electron chi connectivity index (χ4n) is 3.51. The Hall–Kier alpha value is -3.16. The van der Waals surface area contributed by atoms with Crippen molar-refractivity contribution in [3.8, 4) is 5.75 Å². The van der Waals surface area contributed by atoms with E-state index >= 15 is 0 Å². The zero-order valence-electron chi connectivity index (χ0n) is 19.4. The molecule has 0 atom stereocenters. The van der Waals surface area contributed by atoms with Crippen molar-refractivity contribution < 1.29 is 17.9 Å². The highest BCUT2D eigenvalue weighted by atomic mass is 32.2. The standard InChI is InChI=1S/C26H30N2O4S/c1-26(2,22-13-9-6-10-14-22)19-27-25(29)21-15-16-23(32-4)24(17-21)33(30,31)28(3)18-20-11-7-5-8-12-20/h5-17H,18-19H2,1-4H3,(H,27,29). The molecule has 174 valence electrons. The van der Waals surface area contributed by atoms with E-state index in [0.29, 0.717) is 6.54 Å². The first kappa shape index (κ1) is 24.5. The van der Waals surface area contributed by atoms with Crippen molar-refractivity contribution in [3.63, 3.8) is 0 Å². The summed E-state index contributed by atoms with van der Waals surface area (Å²) in [6.45, 7) is 4.70. The van der Waals surface area contributed by atoms with E-state index in [1.807, 2.05) is 74.5 Å². The SMILES string of the molecule is COc1ccc(C(=O)NCC(C)(C)c2ccccc2)cc1S(=O)(=O)N(C)Cc1ccccc1. The lowest BCUT2D eigenvalue weighted by Crippen LogP contribution is -2.36. The number of nitrogens with zero attached hydrogens (tertiary/aromatic N) is 1. The third kappa shape index (κ3) is 5.80. The number of hydrogen-bond acceptors (Lipinski definition) is 4. The normalized spacial score (nSPS) is 11.9. The second kappa shape index (κ2) is 10.2. The van der Waals surface area contributed by atoms with E-state index in [2.05, 4.69) is 5.32 Å². The van der Waals surface area contributed by atoms with Gasteiger partial charge in [-0.1, -0.05) is 74.5 Å². The maximum absolute atomic E-state index is 13.3. The molecular weight excluding hydrogens is 436 g/mol. The largest absolute Gasteiger partial charge is 0.495 e. The first-order valence-electron chi connectivity index (χ1n) is 10.7. The molecule has 0 bridgehead atoms. The van der Waals surface area contributed by atoms with Gasteiger partial charge in [-0.05, 0) is 29.3 Å². The molecule has 0 fully saturated rings. The predicted molar refractivity (Wildman–Crippen MR) is 130 cm³/mol. The lowest BCUT2D eigenvalue weighted by Gasteiger charge is -2.25. The van der Waals surface area contributed by atoms with Gasteiger partial charge in [0.15, 0.2) is 0 Å². The fourth-order valence-corrected chi connectivity index (χ4v) is 4.84. The van der Waals surface area contributed by atoms with Gasteiger partial charge in [-0.15, -0.1) is 0 Å². The quantitative estimate of drug-likeness (QED) is 0.512. The number of benzene rings is 3. The summed E-state index contributed by atoms with van der Waals surface area (Å²) in [5.74, 6) is -0.153. The molecule has 0 aliphatic heterocycles. The second-order valence-corrected chi connectivity index (χ2v) is 10.6. The van der Waals surface area contributed by atoms with E-state index in [4.69, 9.17) is 4.74 Å². The summed E-state index contributed by atoms with van der Waals surface area (Å²) >= 11 is 0. The maximum Gasteiger partial charge on any atom is 0.251 e. The molecule has 0 saturated carbocycles. The van der Waals surface area contributed by atoms with E-state index < -0.39 is 10.0 Å². The maximum atomic E-state index is 13.3. The molecule has 0 spiro atoms. The van der Waals surface area contributed by atoms with Crippen LogP contribution in [0.2, 0.25) is 0 Å². The van der Waals surface area contributed by atoms with Crippen LogP contribution in [-0.4, -0.2) is 39.3 Å². The van der Waals surface area contributed by atoms with Gasteiger partial charge in [0.25, 0.3) is 5.91 Å². The Bertz CT molecular complexity index is 1190. The minimum Gasteiger partial charge on any atom is -0.495 e. The van der Waals surface area contributed by atoms with Crippen LogP contribution in [0.3, 0.4) is 0 Å².